The van der Waals surface area contributed by atoms with Crippen LogP contribution < -0.4 is 15.0 Å². The molecule has 1 fully saturated rings. The molecule has 0 spiro atoms. The Morgan fingerprint density at radius 2 is 1.76 bits per heavy atom. The molecule has 0 radical (unpaired) electrons. The van der Waals surface area contributed by atoms with E-state index in [9.17, 15) is 8.78 Å². The van der Waals surface area contributed by atoms with Gasteiger partial charge in [-0.2, -0.15) is 0 Å². The van der Waals surface area contributed by atoms with Crippen LogP contribution in [0.2, 0.25) is 0 Å². The van der Waals surface area contributed by atoms with Crippen molar-refractivity contribution >= 4 is 17.2 Å². The molecule has 37 heavy (non-hydrogen) atoms. The molecule has 0 saturated carbocycles. The Morgan fingerprint density at radius 3 is 2.46 bits per heavy atom. The number of benzene rings is 2. The highest BCUT2D eigenvalue weighted by Crippen LogP contribution is 2.42. The monoisotopic (exact) mass is 508 g/mol. The van der Waals surface area contributed by atoms with Crippen molar-refractivity contribution < 1.29 is 17.9 Å². The van der Waals surface area contributed by atoms with Crippen molar-refractivity contribution in [3.63, 3.8) is 0 Å². The Hall–Kier alpha value is -3.52. The quantitative estimate of drug-likeness (QED) is 0.409. The van der Waals surface area contributed by atoms with E-state index in [1.807, 2.05) is 30.9 Å². The number of piperidine rings is 1. The predicted octanol–water partition coefficient (Wildman–Crippen LogP) is 6.84. The van der Waals surface area contributed by atoms with E-state index in [2.05, 4.69) is 28.8 Å². The minimum atomic E-state index is -0.600. The maximum absolute atomic E-state index is 15.0. The van der Waals surface area contributed by atoms with Crippen LogP contribution in [0.25, 0.3) is 11.3 Å². The Kier molecular flexibility index (Phi) is 6.86. The van der Waals surface area contributed by atoms with Crippen LogP contribution in [0.3, 0.4) is 0 Å². The molecule has 5 nitrogen and oxygen atoms in total. The highest BCUT2D eigenvalue weighted by atomic mass is 19.1. The fraction of sp³-hybridized carbons (Fsp3) is 0.345. The van der Waals surface area contributed by atoms with Crippen LogP contribution in [-0.4, -0.2) is 42.7 Å². The molecule has 0 aliphatic carbocycles. The van der Waals surface area contributed by atoms with Crippen molar-refractivity contribution in [2.45, 2.75) is 38.6 Å². The van der Waals surface area contributed by atoms with Crippen LogP contribution in [0, 0.1) is 17.5 Å². The molecule has 0 amide bonds. The van der Waals surface area contributed by atoms with Gasteiger partial charge < -0.3 is 19.9 Å². The van der Waals surface area contributed by atoms with Crippen molar-refractivity contribution in [3.05, 3.63) is 77.8 Å². The van der Waals surface area contributed by atoms with Crippen LogP contribution in [-0.2, 0) is 0 Å². The molecule has 0 unspecified atom stereocenters. The Morgan fingerprint density at radius 1 is 1.00 bits per heavy atom. The third kappa shape index (κ3) is 5.03. The molecule has 0 atom stereocenters. The fourth-order valence-electron chi connectivity index (χ4n) is 5.19. The first-order valence-corrected chi connectivity index (χ1v) is 12.6. The number of hydrogen-bond donors (Lipinski definition) is 1. The SMILES string of the molecule is C=C1COc2c(F)cc(-c3nc(Nc4ccc(C5CCN(C)CC5)c(F)c4)ccc3F)cc2N1C(C)C. The van der Waals surface area contributed by atoms with Gasteiger partial charge in [-0.25, -0.2) is 18.2 Å². The van der Waals surface area contributed by atoms with Gasteiger partial charge in [-0.05, 0) is 94.7 Å². The van der Waals surface area contributed by atoms with E-state index in [1.54, 1.807) is 6.07 Å². The zero-order valence-corrected chi connectivity index (χ0v) is 21.3. The lowest BCUT2D eigenvalue weighted by atomic mass is 9.89. The van der Waals surface area contributed by atoms with Crippen molar-refractivity contribution in [1.82, 2.24) is 9.88 Å². The van der Waals surface area contributed by atoms with Crippen LogP contribution in [0.1, 0.15) is 38.2 Å². The molecule has 2 aromatic carbocycles. The highest BCUT2D eigenvalue weighted by Gasteiger charge is 2.28. The number of nitrogens with one attached hydrogen (secondary N) is 1. The van der Waals surface area contributed by atoms with E-state index in [4.69, 9.17) is 4.74 Å². The number of nitrogens with zero attached hydrogens (tertiary/aromatic N) is 3. The summed E-state index contributed by atoms with van der Waals surface area (Å²) in [6.45, 7) is 10.0. The second-order valence-electron chi connectivity index (χ2n) is 10.1. The largest absolute Gasteiger partial charge is 0.482 e. The summed E-state index contributed by atoms with van der Waals surface area (Å²) in [6, 6.07) is 10.7. The fourth-order valence-corrected chi connectivity index (χ4v) is 5.19. The zero-order valence-electron chi connectivity index (χ0n) is 21.3. The van der Waals surface area contributed by atoms with Gasteiger partial charge in [0.05, 0.1) is 5.69 Å². The number of aromatic nitrogens is 1. The first-order valence-electron chi connectivity index (χ1n) is 12.6. The standard InChI is InChI=1S/C29H31F3N4O/c1-17(2)36-18(3)16-37-29-25(32)13-20(14-26(29)36)28-23(30)7-8-27(34-28)33-21-5-6-22(24(31)15-21)19-9-11-35(4)12-10-19/h5-8,13-15,17,19H,3,9-12,16H2,1-2,4H3,(H,33,34). The van der Waals surface area contributed by atoms with E-state index in [-0.39, 0.29) is 41.4 Å². The zero-order chi connectivity index (χ0) is 26.3. The number of pyridine rings is 1. The highest BCUT2D eigenvalue weighted by molar-refractivity contribution is 5.75. The number of fused-ring (bicyclic) bond motifs is 1. The van der Waals surface area contributed by atoms with Gasteiger partial charge in [0.25, 0.3) is 0 Å². The topological polar surface area (TPSA) is 40.6 Å². The van der Waals surface area contributed by atoms with Gasteiger partial charge >= 0.3 is 0 Å². The van der Waals surface area contributed by atoms with Gasteiger partial charge in [-0.15, -0.1) is 0 Å². The molecular formula is C29H31F3N4O. The minimum absolute atomic E-state index is 0.00277. The second kappa shape index (κ2) is 10.1. The summed E-state index contributed by atoms with van der Waals surface area (Å²) in [5, 5.41) is 3.06. The molecule has 2 aliphatic heterocycles. The Balaban J connectivity index is 1.43. The average molecular weight is 509 g/mol. The second-order valence-corrected chi connectivity index (χ2v) is 10.1. The van der Waals surface area contributed by atoms with Crippen molar-refractivity contribution in [2.75, 3.05) is 37.0 Å². The first-order chi connectivity index (χ1) is 17.7. The van der Waals surface area contributed by atoms with Crippen molar-refractivity contribution in [3.8, 4) is 17.0 Å². The summed E-state index contributed by atoms with van der Waals surface area (Å²) in [5.41, 5.74) is 2.64. The smallest absolute Gasteiger partial charge is 0.179 e. The van der Waals surface area contributed by atoms with Gasteiger partial charge in [0, 0.05) is 23.0 Å². The van der Waals surface area contributed by atoms with Gasteiger partial charge in [-0.1, -0.05) is 12.6 Å². The Bertz CT molecular complexity index is 1330. The summed E-state index contributed by atoms with van der Waals surface area (Å²) in [4.78, 5) is 8.53. The molecule has 3 aromatic rings. The maximum atomic E-state index is 15.0. The molecule has 3 heterocycles. The number of rotatable bonds is 5. The van der Waals surface area contributed by atoms with E-state index in [0.29, 0.717) is 22.9 Å². The van der Waals surface area contributed by atoms with Crippen molar-refractivity contribution in [2.24, 2.45) is 0 Å². The molecule has 1 N–H and O–H groups in total. The number of likely N-dealkylation sites (tertiary alicyclic amines) is 1. The molecule has 1 saturated heterocycles. The number of hydrogen-bond acceptors (Lipinski definition) is 5. The van der Waals surface area contributed by atoms with E-state index < -0.39 is 11.6 Å². The number of anilines is 3. The minimum Gasteiger partial charge on any atom is -0.482 e. The van der Waals surface area contributed by atoms with E-state index >= 15 is 4.39 Å². The summed E-state index contributed by atoms with van der Waals surface area (Å²) in [5.74, 6) is -0.836. The molecule has 8 heteroatoms. The van der Waals surface area contributed by atoms with Gasteiger partial charge in [0.15, 0.2) is 11.6 Å². The average Bonchev–Trinajstić information content (AvgIpc) is 2.85. The van der Waals surface area contributed by atoms with Gasteiger partial charge in [0.1, 0.15) is 29.8 Å². The van der Waals surface area contributed by atoms with E-state index in [0.717, 1.165) is 31.5 Å². The van der Waals surface area contributed by atoms with Crippen LogP contribution in [0.15, 0.2) is 54.7 Å². The number of halogens is 3. The molecule has 1 aromatic heterocycles. The molecule has 5 rings (SSSR count). The summed E-state index contributed by atoms with van der Waals surface area (Å²) < 4.78 is 50.5. The molecular weight excluding hydrogens is 477 g/mol. The molecule has 0 bridgehead atoms. The summed E-state index contributed by atoms with van der Waals surface area (Å²) >= 11 is 0. The van der Waals surface area contributed by atoms with Crippen LogP contribution >= 0.6 is 0 Å². The first kappa shape index (κ1) is 25.1. The lowest BCUT2D eigenvalue weighted by molar-refractivity contribution is 0.253. The number of ether oxygens (including phenoxy) is 1. The lowest BCUT2D eigenvalue weighted by Gasteiger charge is -2.36. The summed E-state index contributed by atoms with van der Waals surface area (Å²) in [7, 11) is 2.08. The Labute approximate surface area is 215 Å². The molecule has 194 valence electrons. The van der Waals surface area contributed by atoms with E-state index in [1.165, 1.54) is 24.3 Å². The maximum Gasteiger partial charge on any atom is 0.179 e. The third-order valence-electron chi connectivity index (χ3n) is 7.07. The van der Waals surface area contributed by atoms with Crippen LogP contribution in [0.4, 0.5) is 30.4 Å². The van der Waals surface area contributed by atoms with Gasteiger partial charge in [-0.3, -0.25) is 0 Å². The lowest BCUT2D eigenvalue weighted by Crippen LogP contribution is -2.35. The summed E-state index contributed by atoms with van der Waals surface area (Å²) in [6.07, 6.45) is 1.85. The molecule has 2 aliphatic rings. The predicted molar refractivity (Wildman–Crippen MR) is 141 cm³/mol. The third-order valence-corrected chi connectivity index (χ3v) is 7.07. The normalized spacial score (nSPS) is 16.6. The van der Waals surface area contributed by atoms with Crippen LogP contribution in [0.5, 0.6) is 5.75 Å². The van der Waals surface area contributed by atoms with Gasteiger partial charge in [0.2, 0.25) is 0 Å². The van der Waals surface area contributed by atoms with Crippen molar-refractivity contribution in [1.29, 1.82) is 0 Å².